The smallest absolute Gasteiger partial charge is 0.303 e. The molecular formula is C30H47N5O7. The second kappa shape index (κ2) is 18.1. The summed E-state index contributed by atoms with van der Waals surface area (Å²) < 4.78 is 0. The first-order chi connectivity index (χ1) is 20.0. The van der Waals surface area contributed by atoms with Crippen molar-refractivity contribution < 1.29 is 34.2 Å². The molecule has 6 N–H and O–H groups in total. The molecule has 12 nitrogen and oxygen atoms in total. The monoisotopic (exact) mass is 589 g/mol. The molecule has 4 atom stereocenters. The molecule has 1 aromatic heterocycles. The summed E-state index contributed by atoms with van der Waals surface area (Å²) in [5, 5.41) is 30.8. The van der Waals surface area contributed by atoms with Crippen LogP contribution in [0.2, 0.25) is 0 Å². The maximum atomic E-state index is 13.5. The molecule has 0 aromatic carbocycles. The number of carbonyl (C=O) groups is 5. The van der Waals surface area contributed by atoms with Crippen LogP contribution in [0.25, 0.3) is 0 Å². The Kier molecular flexibility index (Phi) is 14.9. The molecule has 1 fully saturated rings. The van der Waals surface area contributed by atoms with Gasteiger partial charge in [0.2, 0.25) is 23.6 Å². The topological polar surface area (TPSA) is 187 Å². The number of aliphatic carboxylic acids is 1. The van der Waals surface area contributed by atoms with Gasteiger partial charge in [-0.1, -0.05) is 46.1 Å². The molecule has 1 heterocycles. The third kappa shape index (κ3) is 13.9. The SMILES string of the molecule is CCC[C@H](NC(=O)CCCC(=O)O)C(=O)N[C@@H](CC1CC1)C(=O)N[C@@H](CC(C)C)[C@@H](O)CC(=O)NCc1ccccn1. The van der Waals surface area contributed by atoms with Crippen molar-refractivity contribution in [1.29, 1.82) is 0 Å². The zero-order valence-corrected chi connectivity index (χ0v) is 24.9. The maximum Gasteiger partial charge on any atom is 0.303 e. The number of hydrogen-bond donors (Lipinski definition) is 6. The van der Waals surface area contributed by atoms with Crippen molar-refractivity contribution in [2.75, 3.05) is 0 Å². The summed E-state index contributed by atoms with van der Waals surface area (Å²) in [4.78, 5) is 66.4. The van der Waals surface area contributed by atoms with Crippen molar-refractivity contribution in [2.45, 2.75) is 116 Å². The fraction of sp³-hybridized carbons (Fsp3) is 0.667. The molecule has 4 amide bonds. The number of pyridine rings is 1. The number of carboxylic acid groups (broad SMARTS) is 1. The van der Waals surface area contributed by atoms with Crippen LogP contribution in [0.1, 0.15) is 90.7 Å². The Hall–Kier alpha value is -3.54. The van der Waals surface area contributed by atoms with Gasteiger partial charge in [0.1, 0.15) is 12.1 Å². The quantitative estimate of drug-likeness (QED) is 0.133. The van der Waals surface area contributed by atoms with E-state index < -0.39 is 47.9 Å². The van der Waals surface area contributed by atoms with Crippen LogP contribution >= 0.6 is 0 Å². The number of nitrogens with one attached hydrogen (secondary N) is 4. The predicted molar refractivity (Wildman–Crippen MR) is 156 cm³/mol. The molecule has 0 unspecified atom stereocenters. The summed E-state index contributed by atoms with van der Waals surface area (Å²) in [6.07, 6.45) is 4.00. The first-order valence-corrected chi connectivity index (χ1v) is 14.9. The van der Waals surface area contributed by atoms with Crippen LogP contribution in [-0.4, -0.2) is 69.0 Å². The van der Waals surface area contributed by atoms with Crippen molar-refractivity contribution in [3.8, 4) is 0 Å². The minimum atomic E-state index is -1.14. The lowest BCUT2D eigenvalue weighted by Gasteiger charge is -2.29. The van der Waals surface area contributed by atoms with E-state index in [-0.39, 0.29) is 44.1 Å². The van der Waals surface area contributed by atoms with Crippen LogP contribution in [-0.2, 0) is 30.5 Å². The second-order valence-corrected chi connectivity index (χ2v) is 11.5. The number of hydrogen-bond acceptors (Lipinski definition) is 7. The largest absolute Gasteiger partial charge is 0.481 e. The minimum Gasteiger partial charge on any atom is -0.481 e. The number of aliphatic hydroxyl groups is 1. The van der Waals surface area contributed by atoms with Gasteiger partial charge in [-0.05, 0) is 49.7 Å². The number of carboxylic acids is 1. The molecule has 1 saturated carbocycles. The molecule has 0 bridgehead atoms. The summed E-state index contributed by atoms with van der Waals surface area (Å²) in [7, 11) is 0. The van der Waals surface area contributed by atoms with Gasteiger partial charge in [-0.3, -0.25) is 29.0 Å². The number of amides is 4. The Balaban J connectivity index is 2.01. The first kappa shape index (κ1) is 34.7. The summed E-state index contributed by atoms with van der Waals surface area (Å²) in [5.41, 5.74) is 0.684. The number of aliphatic hydroxyl groups excluding tert-OH is 1. The minimum absolute atomic E-state index is 0.0179. The van der Waals surface area contributed by atoms with Crippen molar-refractivity contribution in [1.82, 2.24) is 26.3 Å². The average Bonchev–Trinajstić information content (AvgIpc) is 3.75. The standard InChI is InChI=1S/C30H47N5O7/c1-4-8-22(33-26(37)10-7-11-28(39)40)29(41)35-24(16-20-12-13-20)30(42)34-23(15-19(2)3)25(36)17-27(38)32-18-21-9-5-6-14-31-21/h5-6,9,14,19-20,22-25,36H,4,7-8,10-13,15-18H2,1-3H3,(H,32,38)(H,33,37)(H,34,42)(H,35,41)(H,39,40)/t22-,23-,24-,25-/m0/s1. The van der Waals surface area contributed by atoms with Gasteiger partial charge in [0.15, 0.2) is 0 Å². The van der Waals surface area contributed by atoms with Crippen molar-refractivity contribution in [3.63, 3.8) is 0 Å². The molecule has 1 aliphatic rings. The second-order valence-electron chi connectivity index (χ2n) is 11.5. The van der Waals surface area contributed by atoms with Gasteiger partial charge in [-0.15, -0.1) is 0 Å². The van der Waals surface area contributed by atoms with Gasteiger partial charge in [0.25, 0.3) is 0 Å². The number of rotatable bonds is 20. The van der Waals surface area contributed by atoms with E-state index in [2.05, 4.69) is 26.3 Å². The van der Waals surface area contributed by atoms with Gasteiger partial charge < -0.3 is 31.5 Å². The molecule has 1 aliphatic carbocycles. The Morgan fingerprint density at radius 1 is 0.976 bits per heavy atom. The van der Waals surface area contributed by atoms with E-state index in [1.165, 1.54) is 0 Å². The molecule has 0 aliphatic heterocycles. The molecule has 2 rings (SSSR count). The van der Waals surface area contributed by atoms with E-state index >= 15 is 0 Å². The van der Waals surface area contributed by atoms with Gasteiger partial charge >= 0.3 is 5.97 Å². The molecule has 0 saturated heterocycles. The van der Waals surface area contributed by atoms with E-state index in [1.807, 2.05) is 26.8 Å². The molecular weight excluding hydrogens is 542 g/mol. The van der Waals surface area contributed by atoms with E-state index in [9.17, 15) is 29.1 Å². The van der Waals surface area contributed by atoms with E-state index in [0.29, 0.717) is 37.3 Å². The van der Waals surface area contributed by atoms with Crippen LogP contribution in [0.5, 0.6) is 0 Å². The molecule has 234 valence electrons. The highest BCUT2D eigenvalue weighted by atomic mass is 16.4. The van der Waals surface area contributed by atoms with Crippen LogP contribution in [0.4, 0.5) is 0 Å². The predicted octanol–water partition coefficient (Wildman–Crippen LogP) is 1.80. The molecule has 0 radical (unpaired) electrons. The van der Waals surface area contributed by atoms with Gasteiger partial charge in [-0.25, -0.2) is 0 Å². The fourth-order valence-corrected chi connectivity index (χ4v) is 4.61. The Bertz CT molecular complexity index is 1030. The van der Waals surface area contributed by atoms with Crippen LogP contribution < -0.4 is 21.3 Å². The number of aromatic nitrogens is 1. The third-order valence-corrected chi connectivity index (χ3v) is 7.03. The van der Waals surface area contributed by atoms with E-state index in [1.54, 1.807) is 18.3 Å². The van der Waals surface area contributed by atoms with Crippen LogP contribution in [0.3, 0.4) is 0 Å². The summed E-state index contributed by atoms with van der Waals surface area (Å²) in [6, 6.07) is 2.93. The van der Waals surface area contributed by atoms with Crippen molar-refractivity contribution in [2.24, 2.45) is 11.8 Å². The number of nitrogens with zero attached hydrogens (tertiary/aromatic N) is 1. The van der Waals surface area contributed by atoms with Crippen molar-refractivity contribution >= 4 is 29.6 Å². The lowest BCUT2D eigenvalue weighted by atomic mass is 9.96. The summed E-state index contributed by atoms with van der Waals surface area (Å²) in [5.74, 6) is -2.32. The summed E-state index contributed by atoms with van der Waals surface area (Å²) >= 11 is 0. The lowest BCUT2D eigenvalue weighted by Crippen LogP contribution is -2.56. The normalized spacial score (nSPS) is 15.6. The van der Waals surface area contributed by atoms with Gasteiger partial charge in [-0.2, -0.15) is 0 Å². The lowest BCUT2D eigenvalue weighted by molar-refractivity contribution is -0.137. The Labute approximate surface area is 247 Å². The highest BCUT2D eigenvalue weighted by Crippen LogP contribution is 2.33. The molecule has 12 heteroatoms. The van der Waals surface area contributed by atoms with Crippen LogP contribution in [0, 0.1) is 11.8 Å². The fourth-order valence-electron chi connectivity index (χ4n) is 4.61. The maximum absolute atomic E-state index is 13.5. The molecule has 0 spiro atoms. The highest BCUT2D eigenvalue weighted by molar-refractivity contribution is 5.92. The van der Waals surface area contributed by atoms with E-state index in [4.69, 9.17) is 5.11 Å². The summed E-state index contributed by atoms with van der Waals surface area (Å²) in [6.45, 7) is 5.99. The third-order valence-electron chi connectivity index (χ3n) is 7.03. The van der Waals surface area contributed by atoms with Gasteiger partial charge in [0.05, 0.1) is 30.8 Å². The Morgan fingerprint density at radius 2 is 1.69 bits per heavy atom. The average molecular weight is 590 g/mol. The molecule has 1 aromatic rings. The highest BCUT2D eigenvalue weighted by Gasteiger charge is 2.34. The Morgan fingerprint density at radius 3 is 2.29 bits per heavy atom. The zero-order valence-electron chi connectivity index (χ0n) is 24.9. The van der Waals surface area contributed by atoms with E-state index in [0.717, 1.165) is 12.8 Å². The molecule has 42 heavy (non-hydrogen) atoms. The van der Waals surface area contributed by atoms with Crippen LogP contribution in [0.15, 0.2) is 24.4 Å². The zero-order chi connectivity index (χ0) is 31.1. The number of carbonyl (C=O) groups excluding carboxylic acids is 4. The van der Waals surface area contributed by atoms with Crippen molar-refractivity contribution in [3.05, 3.63) is 30.1 Å². The van der Waals surface area contributed by atoms with Gasteiger partial charge in [0, 0.05) is 19.0 Å². The first-order valence-electron chi connectivity index (χ1n) is 14.9.